The molecule has 0 spiro atoms. The topological polar surface area (TPSA) is 83.5 Å². The van der Waals surface area contributed by atoms with Crippen LogP contribution in [-0.2, 0) is 14.8 Å². The molecule has 0 aliphatic rings. The summed E-state index contributed by atoms with van der Waals surface area (Å²) in [5.41, 5.74) is 0. The van der Waals surface area contributed by atoms with E-state index in [-0.39, 0.29) is 11.3 Å². The first-order valence-corrected chi connectivity index (χ1v) is 7.37. The third-order valence-corrected chi connectivity index (χ3v) is 4.20. The summed E-state index contributed by atoms with van der Waals surface area (Å²) in [5.74, 6) is -1.04. The number of carbonyl (C=O) groups is 1. The fourth-order valence-electron chi connectivity index (χ4n) is 1.27. The van der Waals surface area contributed by atoms with Gasteiger partial charge in [-0.15, -0.1) is 0 Å². The number of sulfonamides is 1. The summed E-state index contributed by atoms with van der Waals surface area (Å²) in [7, 11) is -3.65. The van der Waals surface area contributed by atoms with Gasteiger partial charge in [0.05, 0.1) is 11.3 Å². The second-order valence-electron chi connectivity index (χ2n) is 3.58. The van der Waals surface area contributed by atoms with Crippen LogP contribution in [-0.4, -0.2) is 25.5 Å². The summed E-state index contributed by atoms with van der Waals surface area (Å²) in [6.45, 7) is 1.51. The highest BCUT2D eigenvalue weighted by molar-refractivity contribution is 14.1. The Balaban J connectivity index is 2.86. The number of halogens is 1. The molecule has 0 saturated carbocycles. The lowest BCUT2D eigenvalue weighted by Crippen LogP contribution is -2.34. The van der Waals surface area contributed by atoms with E-state index in [0.717, 1.165) is 3.57 Å². The van der Waals surface area contributed by atoms with Gasteiger partial charge in [0, 0.05) is 9.61 Å². The number of carboxylic acids is 1. The normalized spacial score (nSPS) is 13.3. The highest BCUT2D eigenvalue weighted by atomic mass is 127. The van der Waals surface area contributed by atoms with E-state index in [0.29, 0.717) is 0 Å². The lowest BCUT2D eigenvalue weighted by atomic mass is 10.3. The van der Waals surface area contributed by atoms with E-state index in [2.05, 4.69) is 4.72 Å². The predicted octanol–water partition coefficient (Wildman–Crippen LogP) is 1.43. The van der Waals surface area contributed by atoms with Gasteiger partial charge >= 0.3 is 5.97 Å². The van der Waals surface area contributed by atoms with Crippen molar-refractivity contribution in [1.29, 1.82) is 0 Å². The first kappa shape index (κ1) is 14.4. The Morgan fingerprint density at radius 2 is 2.18 bits per heavy atom. The van der Waals surface area contributed by atoms with E-state index in [1.54, 1.807) is 12.1 Å². The molecule has 1 atom stereocenters. The van der Waals surface area contributed by atoms with Crippen LogP contribution in [0.4, 0.5) is 0 Å². The van der Waals surface area contributed by atoms with Crippen molar-refractivity contribution in [2.24, 2.45) is 0 Å². The molecule has 0 fully saturated rings. The summed E-state index contributed by atoms with van der Waals surface area (Å²) >= 11 is 2.01. The molecule has 7 heteroatoms. The summed E-state index contributed by atoms with van der Waals surface area (Å²) in [6.07, 6.45) is -0.247. The smallest absolute Gasteiger partial charge is 0.304 e. The number of benzene rings is 1. The Kier molecular flexibility index (Phi) is 4.90. The lowest BCUT2D eigenvalue weighted by molar-refractivity contribution is -0.137. The standard InChI is InChI=1S/C10H12INO4S/c1-7(5-10(13)14)12-17(15,16)9-4-2-3-8(11)6-9/h2-4,6-7,12H,5H2,1H3,(H,13,14)/t7-/m0/s1. The molecule has 2 N–H and O–H groups in total. The first-order valence-electron chi connectivity index (χ1n) is 4.81. The molecule has 1 aromatic rings. The van der Waals surface area contributed by atoms with Gasteiger partial charge in [0.1, 0.15) is 0 Å². The maximum absolute atomic E-state index is 11.9. The van der Waals surface area contributed by atoms with E-state index < -0.39 is 22.0 Å². The highest BCUT2D eigenvalue weighted by Gasteiger charge is 2.18. The van der Waals surface area contributed by atoms with Crippen molar-refractivity contribution in [3.63, 3.8) is 0 Å². The molecule has 0 saturated heterocycles. The molecular weight excluding hydrogens is 357 g/mol. The molecule has 0 aromatic heterocycles. The summed E-state index contributed by atoms with van der Waals surface area (Å²) in [5, 5.41) is 8.56. The second kappa shape index (κ2) is 5.78. The fourth-order valence-corrected chi connectivity index (χ4v) is 3.31. The summed E-state index contributed by atoms with van der Waals surface area (Å²) in [4.78, 5) is 10.6. The van der Waals surface area contributed by atoms with Crippen molar-refractivity contribution in [2.45, 2.75) is 24.3 Å². The van der Waals surface area contributed by atoms with Gasteiger partial charge in [-0.25, -0.2) is 13.1 Å². The largest absolute Gasteiger partial charge is 0.481 e. The molecule has 0 amide bonds. The maximum atomic E-state index is 11.9. The van der Waals surface area contributed by atoms with Gasteiger partial charge in [-0.2, -0.15) is 0 Å². The third kappa shape index (κ3) is 4.60. The number of nitrogens with one attached hydrogen (secondary N) is 1. The van der Waals surface area contributed by atoms with Crippen LogP contribution in [0.25, 0.3) is 0 Å². The molecule has 0 radical (unpaired) electrons. The Hall–Kier alpha value is -0.670. The molecule has 5 nitrogen and oxygen atoms in total. The van der Waals surface area contributed by atoms with E-state index in [4.69, 9.17) is 5.11 Å². The van der Waals surface area contributed by atoms with Crippen LogP contribution in [0.2, 0.25) is 0 Å². The zero-order valence-electron chi connectivity index (χ0n) is 9.05. The van der Waals surface area contributed by atoms with E-state index in [1.807, 2.05) is 22.6 Å². The van der Waals surface area contributed by atoms with Crippen LogP contribution in [0.3, 0.4) is 0 Å². The van der Waals surface area contributed by atoms with Crippen LogP contribution in [0, 0.1) is 3.57 Å². The third-order valence-electron chi connectivity index (χ3n) is 1.94. The van der Waals surface area contributed by atoms with Crippen LogP contribution in [0.5, 0.6) is 0 Å². The number of carboxylic acid groups (broad SMARTS) is 1. The molecule has 0 unspecified atom stereocenters. The average molecular weight is 369 g/mol. The minimum atomic E-state index is -3.65. The van der Waals surface area contributed by atoms with Crippen LogP contribution in [0.1, 0.15) is 13.3 Å². The Morgan fingerprint density at radius 3 is 2.71 bits per heavy atom. The van der Waals surface area contributed by atoms with Crippen molar-refractivity contribution in [3.8, 4) is 0 Å². The van der Waals surface area contributed by atoms with Crippen LogP contribution in [0.15, 0.2) is 29.2 Å². The minimum Gasteiger partial charge on any atom is -0.481 e. The molecule has 1 rings (SSSR count). The van der Waals surface area contributed by atoms with E-state index >= 15 is 0 Å². The second-order valence-corrected chi connectivity index (χ2v) is 6.54. The summed E-state index contributed by atoms with van der Waals surface area (Å²) in [6, 6.07) is 5.77. The first-order chi connectivity index (χ1) is 7.81. The maximum Gasteiger partial charge on any atom is 0.304 e. The molecule has 17 heavy (non-hydrogen) atoms. The number of hydrogen-bond donors (Lipinski definition) is 2. The van der Waals surface area contributed by atoms with Crippen LogP contribution >= 0.6 is 22.6 Å². The molecule has 0 aliphatic carbocycles. The SMILES string of the molecule is C[C@@H](CC(=O)O)NS(=O)(=O)c1cccc(I)c1. The van der Waals surface area contributed by atoms with Gasteiger partial charge < -0.3 is 5.11 Å². The van der Waals surface area contributed by atoms with E-state index in [1.165, 1.54) is 19.1 Å². The van der Waals surface area contributed by atoms with Gasteiger partial charge in [0.2, 0.25) is 10.0 Å². The molecule has 1 aromatic carbocycles. The van der Waals surface area contributed by atoms with E-state index in [9.17, 15) is 13.2 Å². The molecule has 94 valence electrons. The molecule has 0 heterocycles. The Morgan fingerprint density at radius 1 is 1.53 bits per heavy atom. The predicted molar refractivity (Wildman–Crippen MR) is 71.2 cm³/mol. The number of rotatable bonds is 5. The molecule has 0 aliphatic heterocycles. The summed E-state index contributed by atoms with van der Waals surface area (Å²) < 4.78 is 26.9. The van der Waals surface area contributed by atoms with Gasteiger partial charge in [-0.05, 0) is 47.7 Å². The van der Waals surface area contributed by atoms with Gasteiger partial charge in [-0.3, -0.25) is 4.79 Å². The van der Waals surface area contributed by atoms with Gasteiger partial charge in [-0.1, -0.05) is 6.07 Å². The molecular formula is C10H12INO4S. The highest BCUT2D eigenvalue weighted by Crippen LogP contribution is 2.13. The Bertz CT molecular complexity index is 515. The zero-order valence-corrected chi connectivity index (χ0v) is 12.0. The quantitative estimate of drug-likeness (QED) is 0.770. The number of aliphatic carboxylic acids is 1. The lowest BCUT2D eigenvalue weighted by Gasteiger charge is -2.12. The van der Waals surface area contributed by atoms with Crippen molar-refractivity contribution in [1.82, 2.24) is 4.72 Å². The zero-order chi connectivity index (χ0) is 13.1. The van der Waals surface area contributed by atoms with Crippen molar-refractivity contribution in [3.05, 3.63) is 27.8 Å². The van der Waals surface area contributed by atoms with Crippen molar-refractivity contribution in [2.75, 3.05) is 0 Å². The minimum absolute atomic E-state index is 0.140. The Labute approximate surface area is 113 Å². The monoisotopic (exact) mass is 369 g/mol. The van der Waals surface area contributed by atoms with Gasteiger partial charge in [0.25, 0.3) is 0 Å². The van der Waals surface area contributed by atoms with Crippen molar-refractivity contribution >= 4 is 38.6 Å². The van der Waals surface area contributed by atoms with Crippen LogP contribution < -0.4 is 4.72 Å². The fraction of sp³-hybridized carbons (Fsp3) is 0.300. The molecule has 0 bridgehead atoms. The average Bonchev–Trinajstić information content (AvgIpc) is 2.15. The number of hydrogen-bond acceptors (Lipinski definition) is 3. The van der Waals surface area contributed by atoms with Gasteiger partial charge in [0.15, 0.2) is 0 Å². The van der Waals surface area contributed by atoms with Crippen molar-refractivity contribution < 1.29 is 18.3 Å².